The van der Waals surface area contributed by atoms with Crippen molar-refractivity contribution in [1.82, 2.24) is 8.61 Å². The Morgan fingerprint density at radius 3 is 2.33 bits per heavy atom. The van der Waals surface area contributed by atoms with Gasteiger partial charge in [-0.25, -0.2) is 0 Å². The predicted molar refractivity (Wildman–Crippen MR) is 77.1 cm³/mol. The Hall–Kier alpha value is -0.700. The summed E-state index contributed by atoms with van der Waals surface area (Å²) < 4.78 is 33.8. The van der Waals surface area contributed by atoms with Gasteiger partial charge in [-0.1, -0.05) is 0 Å². The lowest BCUT2D eigenvalue weighted by atomic mass is 9.91. The summed E-state index contributed by atoms with van der Waals surface area (Å²) in [6, 6.07) is 0. The first-order valence-electron chi connectivity index (χ1n) is 7.34. The van der Waals surface area contributed by atoms with Crippen LogP contribution in [0.25, 0.3) is 0 Å². The van der Waals surface area contributed by atoms with E-state index < -0.39 is 21.7 Å². The lowest BCUT2D eigenvalue weighted by Crippen LogP contribution is -2.62. The molecule has 0 saturated carbocycles. The molecule has 2 saturated heterocycles. The van der Waals surface area contributed by atoms with Gasteiger partial charge in [-0.15, -0.1) is 0 Å². The number of piperidine rings is 1. The van der Waals surface area contributed by atoms with E-state index in [-0.39, 0.29) is 31.8 Å². The second-order valence-electron chi connectivity index (χ2n) is 6.19. The Morgan fingerprint density at radius 1 is 1.24 bits per heavy atom. The fraction of sp³-hybridized carbons (Fsp3) is 0.923. The molecule has 8 heteroatoms. The summed E-state index contributed by atoms with van der Waals surface area (Å²) in [5.41, 5.74) is -1.36. The molecule has 3 unspecified atom stereocenters. The summed E-state index contributed by atoms with van der Waals surface area (Å²) in [6.07, 6.45) is 1.38. The molecule has 0 amide bonds. The number of rotatable bonds is 3. The van der Waals surface area contributed by atoms with Crippen molar-refractivity contribution in [2.75, 3.05) is 19.6 Å². The van der Waals surface area contributed by atoms with Crippen LogP contribution in [0.4, 0.5) is 0 Å². The van der Waals surface area contributed by atoms with Crippen molar-refractivity contribution in [2.24, 2.45) is 0 Å². The lowest BCUT2D eigenvalue weighted by Gasteiger charge is -2.44. The number of carboxylic acid groups (broad SMARTS) is 1. The molecule has 0 aliphatic carbocycles. The molecule has 0 aromatic carbocycles. The molecule has 0 radical (unpaired) electrons. The van der Waals surface area contributed by atoms with Crippen LogP contribution in [0.1, 0.15) is 40.0 Å². The van der Waals surface area contributed by atoms with Crippen molar-refractivity contribution in [3.05, 3.63) is 0 Å². The molecule has 0 aromatic heterocycles. The first kappa shape index (κ1) is 16.7. The largest absolute Gasteiger partial charge is 0.480 e. The third-order valence-electron chi connectivity index (χ3n) is 4.28. The summed E-state index contributed by atoms with van der Waals surface area (Å²) in [5.74, 6) is -1.08. The highest BCUT2D eigenvalue weighted by Crippen LogP contribution is 2.33. The van der Waals surface area contributed by atoms with Crippen molar-refractivity contribution in [1.29, 1.82) is 0 Å². The van der Waals surface area contributed by atoms with Crippen molar-refractivity contribution in [2.45, 2.75) is 57.8 Å². The van der Waals surface area contributed by atoms with E-state index in [0.29, 0.717) is 12.8 Å². The molecule has 122 valence electrons. The fourth-order valence-corrected chi connectivity index (χ4v) is 5.25. The van der Waals surface area contributed by atoms with Crippen LogP contribution in [0, 0.1) is 0 Å². The second-order valence-corrected chi connectivity index (χ2v) is 8.04. The monoisotopic (exact) mass is 320 g/mol. The second kappa shape index (κ2) is 5.83. The van der Waals surface area contributed by atoms with Crippen molar-refractivity contribution in [3.8, 4) is 0 Å². The van der Waals surface area contributed by atoms with Gasteiger partial charge in [0.1, 0.15) is 5.54 Å². The van der Waals surface area contributed by atoms with Gasteiger partial charge in [-0.3, -0.25) is 4.79 Å². The van der Waals surface area contributed by atoms with Gasteiger partial charge in [0.15, 0.2) is 0 Å². The number of hydrogen-bond acceptors (Lipinski definition) is 4. The first-order chi connectivity index (χ1) is 9.68. The van der Waals surface area contributed by atoms with Crippen LogP contribution in [0.15, 0.2) is 0 Å². The van der Waals surface area contributed by atoms with E-state index in [1.807, 2.05) is 13.8 Å². The molecule has 21 heavy (non-hydrogen) atoms. The molecule has 7 nitrogen and oxygen atoms in total. The van der Waals surface area contributed by atoms with Crippen LogP contribution in [0.2, 0.25) is 0 Å². The molecule has 2 rings (SSSR count). The number of hydrogen-bond donors (Lipinski definition) is 1. The van der Waals surface area contributed by atoms with Gasteiger partial charge in [-0.05, 0) is 40.0 Å². The maximum absolute atomic E-state index is 12.9. The van der Waals surface area contributed by atoms with Gasteiger partial charge in [-0.2, -0.15) is 17.0 Å². The van der Waals surface area contributed by atoms with Crippen molar-refractivity contribution < 1.29 is 23.1 Å². The fourth-order valence-electron chi connectivity index (χ4n) is 3.14. The molecule has 0 spiro atoms. The molecule has 2 aliphatic rings. The minimum Gasteiger partial charge on any atom is -0.480 e. The van der Waals surface area contributed by atoms with Crippen LogP contribution in [0.5, 0.6) is 0 Å². The Bertz CT molecular complexity index is 499. The SMILES string of the molecule is CC1CN(S(=O)(=O)N2CCCCC2(C)C(=O)O)CC(C)O1. The minimum atomic E-state index is -3.80. The van der Waals surface area contributed by atoms with Gasteiger partial charge in [0.25, 0.3) is 10.2 Å². The normalized spacial score (nSPS) is 36.5. The average molecular weight is 320 g/mol. The Kier molecular flexibility index (Phi) is 4.63. The molecule has 1 N–H and O–H groups in total. The highest BCUT2D eigenvalue weighted by molar-refractivity contribution is 7.86. The van der Waals surface area contributed by atoms with E-state index in [9.17, 15) is 18.3 Å². The summed E-state index contributed by atoms with van der Waals surface area (Å²) in [6.45, 7) is 5.93. The Balaban J connectivity index is 2.30. The maximum Gasteiger partial charge on any atom is 0.324 e. The number of nitrogens with zero attached hydrogens (tertiary/aromatic N) is 2. The number of aliphatic carboxylic acids is 1. The lowest BCUT2D eigenvalue weighted by molar-refractivity contribution is -0.149. The van der Waals surface area contributed by atoms with Gasteiger partial charge in [0.2, 0.25) is 0 Å². The zero-order valence-corrected chi connectivity index (χ0v) is 13.6. The van der Waals surface area contributed by atoms with Crippen LogP contribution in [-0.4, -0.2) is 65.5 Å². The summed E-state index contributed by atoms with van der Waals surface area (Å²) >= 11 is 0. The summed E-state index contributed by atoms with van der Waals surface area (Å²) in [7, 11) is -3.80. The van der Waals surface area contributed by atoms with Crippen LogP contribution in [0.3, 0.4) is 0 Å². The highest BCUT2D eigenvalue weighted by atomic mass is 32.2. The van der Waals surface area contributed by atoms with Gasteiger partial charge in [0, 0.05) is 19.6 Å². The topological polar surface area (TPSA) is 87.2 Å². The van der Waals surface area contributed by atoms with E-state index in [4.69, 9.17) is 4.74 Å². The average Bonchev–Trinajstić information content (AvgIpc) is 2.37. The van der Waals surface area contributed by atoms with Gasteiger partial charge in [0.05, 0.1) is 12.2 Å². The smallest absolute Gasteiger partial charge is 0.324 e. The summed E-state index contributed by atoms with van der Waals surface area (Å²) in [4.78, 5) is 11.6. The number of ether oxygens (including phenoxy) is 1. The molecule has 2 heterocycles. The van der Waals surface area contributed by atoms with Gasteiger partial charge >= 0.3 is 5.97 Å². The molecule has 0 bridgehead atoms. The van der Waals surface area contributed by atoms with E-state index in [0.717, 1.165) is 10.7 Å². The van der Waals surface area contributed by atoms with Crippen molar-refractivity contribution in [3.63, 3.8) is 0 Å². The minimum absolute atomic E-state index is 0.190. The standard InChI is InChI=1S/C13H24N2O5S/c1-10-8-14(9-11(2)20-10)21(18,19)15-7-5-4-6-13(15,3)12(16)17/h10-11H,4-9H2,1-3H3,(H,16,17). The van der Waals surface area contributed by atoms with E-state index >= 15 is 0 Å². The molecule has 2 aliphatic heterocycles. The molecule has 2 fully saturated rings. The quantitative estimate of drug-likeness (QED) is 0.826. The third-order valence-corrected chi connectivity index (χ3v) is 6.37. The van der Waals surface area contributed by atoms with Crippen LogP contribution < -0.4 is 0 Å². The van der Waals surface area contributed by atoms with Crippen molar-refractivity contribution >= 4 is 16.2 Å². The molecule has 3 atom stereocenters. The molecular formula is C13H24N2O5S. The Labute approximate surface area is 126 Å². The van der Waals surface area contributed by atoms with E-state index in [1.165, 1.54) is 11.2 Å². The number of carboxylic acids is 1. The van der Waals surface area contributed by atoms with Gasteiger partial charge < -0.3 is 9.84 Å². The maximum atomic E-state index is 12.9. The van der Waals surface area contributed by atoms with Crippen LogP contribution in [-0.2, 0) is 19.7 Å². The predicted octanol–water partition coefficient (Wildman–Crippen LogP) is 0.670. The Morgan fingerprint density at radius 2 is 1.81 bits per heavy atom. The zero-order chi connectivity index (χ0) is 15.8. The summed E-state index contributed by atoms with van der Waals surface area (Å²) in [5, 5.41) is 9.48. The first-order valence-corrected chi connectivity index (χ1v) is 8.74. The van der Waals surface area contributed by atoms with E-state index in [1.54, 1.807) is 0 Å². The zero-order valence-electron chi connectivity index (χ0n) is 12.8. The van der Waals surface area contributed by atoms with Crippen LogP contribution >= 0.6 is 0 Å². The number of morpholine rings is 1. The highest BCUT2D eigenvalue weighted by Gasteiger charge is 2.50. The molecule has 0 aromatic rings. The number of carbonyl (C=O) groups is 1. The van der Waals surface area contributed by atoms with E-state index in [2.05, 4.69) is 0 Å². The third kappa shape index (κ3) is 3.08. The molecular weight excluding hydrogens is 296 g/mol.